The summed E-state index contributed by atoms with van der Waals surface area (Å²) >= 11 is 5.84. The molecule has 0 aliphatic carbocycles. The first kappa shape index (κ1) is 15.7. The van der Waals surface area contributed by atoms with Crippen LogP contribution in [0.1, 0.15) is 12.0 Å². The lowest BCUT2D eigenvalue weighted by Crippen LogP contribution is -2.55. The van der Waals surface area contributed by atoms with Gasteiger partial charge in [0.1, 0.15) is 4.90 Å². The number of ether oxygens (including phenoxy) is 1. The zero-order valence-electron chi connectivity index (χ0n) is 10.7. The van der Waals surface area contributed by atoms with Crippen molar-refractivity contribution in [3.05, 3.63) is 28.8 Å². The van der Waals surface area contributed by atoms with E-state index in [2.05, 4.69) is 4.72 Å². The fourth-order valence-corrected chi connectivity index (χ4v) is 3.85. The number of rotatable bonds is 4. The number of carboxylic acid groups (broad SMARTS) is 1. The van der Waals surface area contributed by atoms with Crippen LogP contribution in [0.4, 0.5) is 0 Å². The minimum absolute atomic E-state index is 0.0110. The van der Waals surface area contributed by atoms with Crippen LogP contribution in [-0.4, -0.2) is 38.2 Å². The zero-order chi connectivity index (χ0) is 15.7. The van der Waals surface area contributed by atoms with E-state index in [9.17, 15) is 18.3 Å². The summed E-state index contributed by atoms with van der Waals surface area (Å²) in [5.41, 5.74) is -1.61. The zero-order valence-corrected chi connectivity index (χ0v) is 12.2. The number of benzene rings is 1. The third-order valence-electron chi connectivity index (χ3n) is 3.11. The molecular formula is C12H11ClN2O5S. The minimum atomic E-state index is -4.20. The standard InChI is InChI=1S/C12H11ClN2O5S/c13-9-2-1-8(6-14)5-10(9)21(18,19)15-12(11(16)17)3-4-20-7-12/h1-2,5,15H,3-4,7H2,(H,16,17). The predicted octanol–water partition coefficient (Wildman–Crippen LogP) is 0.734. The molecule has 1 unspecified atom stereocenters. The fourth-order valence-electron chi connectivity index (χ4n) is 1.95. The first-order chi connectivity index (χ1) is 9.81. The molecule has 0 aromatic heterocycles. The number of aliphatic carboxylic acids is 1. The molecule has 1 aromatic carbocycles. The Hall–Kier alpha value is -1.66. The largest absolute Gasteiger partial charge is 0.480 e. The Balaban J connectivity index is 2.43. The Kier molecular flexibility index (Phi) is 4.20. The summed E-state index contributed by atoms with van der Waals surface area (Å²) < 4.78 is 31.8. The van der Waals surface area contributed by atoms with Crippen LogP contribution in [0.15, 0.2) is 23.1 Å². The molecule has 1 heterocycles. The van der Waals surface area contributed by atoms with Gasteiger partial charge in [-0.15, -0.1) is 0 Å². The average molecular weight is 331 g/mol. The molecule has 2 rings (SSSR count). The monoisotopic (exact) mass is 330 g/mol. The van der Waals surface area contributed by atoms with E-state index in [4.69, 9.17) is 21.6 Å². The first-order valence-electron chi connectivity index (χ1n) is 5.85. The quantitative estimate of drug-likeness (QED) is 0.840. The van der Waals surface area contributed by atoms with Gasteiger partial charge in [0.05, 0.1) is 23.3 Å². The number of nitrogens with one attached hydrogen (secondary N) is 1. The van der Waals surface area contributed by atoms with Gasteiger partial charge in [-0.05, 0) is 18.2 Å². The van der Waals surface area contributed by atoms with Gasteiger partial charge in [-0.25, -0.2) is 8.42 Å². The Morgan fingerprint density at radius 2 is 2.24 bits per heavy atom. The van der Waals surface area contributed by atoms with Crippen molar-refractivity contribution in [2.24, 2.45) is 0 Å². The molecule has 0 radical (unpaired) electrons. The lowest BCUT2D eigenvalue weighted by atomic mass is 10.0. The normalized spacial score (nSPS) is 21.9. The molecule has 0 bridgehead atoms. The third-order valence-corrected chi connectivity index (χ3v) is 5.13. The van der Waals surface area contributed by atoms with Crippen molar-refractivity contribution in [1.29, 1.82) is 5.26 Å². The fraction of sp³-hybridized carbons (Fsp3) is 0.333. The van der Waals surface area contributed by atoms with E-state index in [1.807, 2.05) is 0 Å². The summed E-state index contributed by atoms with van der Waals surface area (Å²) in [6, 6.07) is 5.53. The van der Waals surface area contributed by atoms with E-state index in [-0.39, 0.29) is 35.1 Å². The average Bonchev–Trinajstić information content (AvgIpc) is 2.88. The van der Waals surface area contributed by atoms with E-state index in [1.54, 1.807) is 6.07 Å². The van der Waals surface area contributed by atoms with Gasteiger partial charge in [-0.3, -0.25) is 4.79 Å². The topological polar surface area (TPSA) is 116 Å². The van der Waals surface area contributed by atoms with Gasteiger partial charge >= 0.3 is 5.97 Å². The maximum atomic E-state index is 12.4. The maximum absolute atomic E-state index is 12.4. The molecular weight excluding hydrogens is 320 g/mol. The summed E-state index contributed by atoms with van der Waals surface area (Å²) in [5, 5.41) is 18.0. The highest BCUT2D eigenvalue weighted by atomic mass is 35.5. The number of hydrogen-bond acceptors (Lipinski definition) is 5. The van der Waals surface area contributed by atoms with Crippen molar-refractivity contribution in [1.82, 2.24) is 4.72 Å². The van der Waals surface area contributed by atoms with Gasteiger partial charge < -0.3 is 9.84 Å². The molecule has 0 amide bonds. The molecule has 2 N–H and O–H groups in total. The van der Waals surface area contributed by atoms with E-state index in [0.29, 0.717) is 0 Å². The molecule has 1 aromatic rings. The number of sulfonamides is 1. The molecule has 9 heteroatoms. The maximum Gasteiger partial charge on any atom is 0.327 e. The number of carbonyl (C=O) groups is 1. The van der Waals surface area contributed by atoms with E-state index in [1.165, 1.54) is 12.1 Å². The molecule has 1 atom stereocenters. The number of nitriles is 1. The Morgan fingerprint density at radius 3 is 2.76 bits per heavy atom. The van der Waals surface area contributed by atoms with Gasteiger partial charge in [0.15, 0.2) is 5.54 Å². The van der Waals surface area contributed by atoms with Gasteiger partial charge in [-0.2, -0.15) is 9.98 Å². The van der Waals surface area contributed by atoms with Crippen molar-refractivity contribution < 1.29 is 23.1 Å². The van der Waals surface area contributed by atoms with Crippen LogP contribution in [0.25, 0.3) is 0 Å². The van der Waals surface area contributed by atoms with E-state index in [0.717, 1.165) is 6.07 Å². The second-order valence-electron chi connectivity index (χ2n) is 4.55. The van der Waals surface area contributed by atoms with E-state index >= 15 is 0 Å². The lowest BCUT2D eigenvalue weighted by molar-refractivity contribution is -0.144. The summed E-state index contributed by atoms with van der Waals surface area (Å²) in [6.07, 6.45) is 0.0110. The number of halogens is 1. The Bertz CT molecular complexity index is 720. The van der Waals surface area contributed by atoms with E-state index < -0.39 is 21.5 Å². The summed E-state index contributed by atoms with van der Waals surface area (Å²) in [6.45, 7) is -0.127. The molecule has 1 fully saturated rings. The van der Waals surface area contributed by atoms with Crippen molar-refractivity contribution in [2.75, 3.05) is 13.2 Å². The van der Waals surface area contributed by atoms with Crippen LogP contribution in [0, 0.1) is 11.3 Å². The molecule has 1 aliphatic rings. The van der Waals surface area contributed by atoms with Crippen molar-refractivity contribution in [3.63, 3.8) is 0 Å². The second kappa shape index (κ2) is 5.61. The van der Waals surface area contributed by atoms with Gasteiger partial charge in [0.2, 0.25) is 10.0 Å². The van der Waals surface area contributed by atoms with Crippen molar-refractivity contribution in [3.8, 4) is 6.07 Å². The minimum Gasteiger partial charge on any atom is -0.480 e. The molecule has 1 aliphatic heterocycles. The Labute approximate surface area is 126 Å². The smallest absolute Gasteiger partial charge is 0.327 e. The Morgan fingerprint density at radius 1 is 1.52 bits per heavy atom. The highest BCUT2D eigenvalue weighted by molar-refractivity contribution is 7.89. The van der Waals surface area contributed by atoms with Crippen LogP contribution < -0.4 is 4.72 Å². The summed E-state index contributed by atoms with van der Waals surface area (Å²) in [5.74, 6) is -1.32. The lowest BCUT2D eigenvalue weighted by Gasteiger charge is -2.23. The SMILES string of the molecule is N#Cc1ccc(Cl)c(S(=O)(=O)NC2(C(=O)O)CCOC2)c1. The highest BCUT2D eigenvalue weighted by Gasteiger charge is 2.46. The summed E-state index contributed by atoms with van der Waals surface area (Å²) in [4.78, 5) is 11.0. The van der Waals surface area contributed by atoms with Gasteiger partial charge in [0, 0.05) is 13.0 Å². The van der Waals surface area contributed by atoms with Crippen LogP contribution in [-0.2, 0) is 19.6 Å². The van der Waals surface area contributed by atoms with Gasteiger partial charge in [0.25, 0.3) is 0 Å². The molecule has 0 saturated carbocycles. The summed E-state index contributed by atoms with van der Waals surface area (Å²) in [7, 11) is -4.20. The highest BCUT2D eigenvalue weighted by Crippen LogP contribution is 2.26. The van der Waals surface area contributed by atoms with Gasteiger partial charge in [-0.1, -0.05) is 11.6 Å². The molecule has 21 heavy (non-hydrogen) atoms. The molecule has 1 saturated heterocycles. The van der Waals surface area contributed by atoms with Crippen LogP contribution in [0.3, 0.4) is 0 Å². The number of carboxylic acids is 1. The number of nitrogens with zero attached hydrogens (tertiary/aromatic N) is 1. The van der Waals surface area contributed by atoms with Crippen LogP contribution in [0.5, 0.6) is 0 Å². The molecule has 112 valence electrons. The third kappa shape index (κ3) is 3.01. The number of hydrogen-bond donors (Lipinski definition) is 2. The van der Waals surface area contributed by atoms with Crippen molar-refractivity contribution >= 4 is 27.6 Å². The first-order valence-corrected chi connectivity index (χ1v) is 7.72. The molecule has 0 spiro atoms. The second-order valence-corrected chi connectivity index (χ2v) is 6.61. The predicted molar refractivity (Wildman–Crippen MR) is 72.3 cm³/mol. The van der Waals surface area contributed by atoms with Crippen LogP contribution >= 0.6 is 11.6 Å². The van der Waals surface area contributed by atoms with Crippen LogP contribution in [0.2, 0.25) is 5.02 Å². The molecule has 7 nitrogen and oxygen atoms in total. The van der Waals surface area contributed by atoms with Crippen molar-refractivity contribution in [2.45, 2.75) is 16.9 Å².